The summed E-state index contributed by atoms with van der Waals surface area (Å²) >= 11 is 0. The van der Waals surface area contributed by atoms with Crippen molar-refractivity contribution in [2.24, 2.45) is 0 Å². The number of nitrogens with zero attached hydrogens (tertiary/aromatic N) is 1. The van der Waals surface area contributed by atoms with E-state index in [1.807, 2.05) is 30.6 Å². The molecular weight excluding hydrogens is 267 g/mol. The topological polar surface area (TPSA) is 33.0 Å². The smallest absolute Gasteiger partial charge is 0.199 e. The molecular formula is C8H11IN2O. The van der Waals surface area contributed by atoms with Crippen molar-refractivity contribution in [1.82, 2.24) is 0 Å². The summed E-state index contributed by atoms with van der Waals surface area (Å²) in [6.45, 7) is 1.92. The van der Waals surface area contributed by atoms with Crippen LogP contribution in [0, 0.1) is 0 Å². The van der Waals surface area contributed by atoms with E-state index in [2.05, 4.69) is 5.43 Å². The second kappa shape index (κ2) is 5.93. The fourth-order valence-electron chi connectivity index (χ4n) is 0.707. The number of hydrogen-bond acceptors (Lipinski definition) is 2. The second-order valence-electron chi connectivity index (χ2n) is 2.32. The van der Waals surface area contributed by atoms with E-state index in [0.717, 1.165) is 0 Å². The van der Waals surface area contributed by atoms with Crippen LogP contribution in [-0.2, 0) is 4.79 Å². The Morgan fingerprint density at radius 1 is 1.33 bits per heavy atom. The van der Waals surface area contributed by atoms with Gasteiger partial charge in [0.2, 0.25) is 0 Å². The third kappa shape index (κ3) is 4.27. The number of rotatable bonds is 3. The van der Waals surface area contributed by atoms with Gasteiger partial charge in [-0.1, -0.05) is 10.7 Å². The zero-order valence-corrected chi connectivity index (χ0v) is 8.98. The van der Waals surface area contributed by atoms with Crippen LogP contribution in [0.25, 0.3) is 0 Å². The Kier molecular flexibility index (Phi) is 5.61. The molecule has 12 heavy (non-hydrogen) atoms. The Balaban J connectivity index is 0.00000121. The molecule has 0 aliphatic carbocycles. The SMILES string of the molecule is CC(=O)CN[n+]1ccccc1.[I-]. The minimum absolute atomic E-state index is 0. The van der Waals surface area contributed by atoms with Crippen LogP contribution in [0.5, 0.6) is 0 Å². The van der Waals surface area contributed by atoms with Crippen molar-refractivity contribution < 1.29 is 33.4 Å². The van der Waals surface area contributed by atoms with Crippen molar-refractivity contribution in [3.8, 4) is 0 Å². The monoisotopic (exact) mass is 278 g/mol. The Bertz CT molecular complexity index is 238. The first kappa shape index (κ1) is 11.4. The summed E-state index contributed by atoms with van der Waals surface area (Å²) in [6.07, 6.45) is 3.70. The summed E-state index contributed by atoms with van der Waals surface area (Å²) in [5.41, 5.74) is 2.91. The van der Waals surface area contributed by atoms with Gasteiger partial charge in [0.05, 0.1) is 0 Å². The summed E-state index contributed by atoms with van der Waals surface area (Å²) < 4.78 is 1.75. The highest BCUT2D eigenvalue weighted by atomic mass is 127. The van der Waals surface area contributed by atoms with Crippen LogP contribution >= 0.6 is 0 Å². The van der Waals surface area contributed by atoms with Gasteiger partial charge in [0.25, 0.3) is 0 Å². The van der Waals surface area contributed by atoms with Crippen LogP contribution in [0.1, 0.15) is 6.92 Å². The van der Waals surface area contributed by atoms with Crippen molar-refractivity contribution in [3.05, 3.63) is 30.6 Å². The highest BCUT2D eigenvalue weighted by Crippen LogP contribution is 1.73. The highest BCUT2D eigenvalue weighted by molar-refractivity contribution is 5.78. The molecule has 0 bridgehead atoms. The molecule has 66 valence electrons. The first-order valence-corrected chi connectivity index (χ1v) is 3.48. The average Bonchev–Trinajstić information content (AvgIpc) is 2.03. The van der Waals surface area contributed by atoms with Crippen molar-refractivity contribution >= 4 is 5.78 Å². The molecule has 0 aliphatic rings. The van der Waals surface area contributed by atoms with E-state index in [0.29, 0.717) is 6.54 Å². The number of carbonyl (C=O) groups is 1. The van der Waals surface area contributed by atoms with Crippen molar-refractivity contribution in [2.75, 3.05) is 12.0 Å². The molecule has 0 spiro atoms. The Morgan fingerprint density at radius 2 is 1.92 bits per heavy atom. The fourth-order valence-corrected chi connectivity index (χ4v) is 0.707. The van der Waals surface area contributed by atoms with Gasteiger partial charge in [-0.2, -0.15) is 5.43 Å². The van der Waals surface area contributed by atoms with Gasteiger partial charge in [0, 0.05) is 12.1 Å². The molecule has 0 atom stereocenters. The summed E-state index contributed by atoms with van der Waals surface area (Å²) in [5.74, 6) is 0.126. The molecule has 0 saturated carbocycles. The van der Waals surface area contributed by atoms with Crippen molar-refractivity contribution in [1.29, 1.82) is 0 Å². The number of aromatic nitrogens is 1. The average molecular weight is 278 g/mol. The van der Waals surface area contributed by atoms with Crippen LogP contribution < -0.4 is 34.1 Å². The van der Waals surface area contributed by atoms with Crippen LogP contribution in [0.15, 0.2) is 30.6 Å². The molecule has 1 aromatic heterocycles. The van der Waals surface area contributed by atoms with Crippen LogP contribution in [0.4, 0.5) is 0 Å². The van der Waals surface area contributed by atoms with Crippen LogP contribution in [-0.4, -0.2) is 12.3 Å². The number of pyridine rings is 1. The van der Waals surface area contributed by atoms with E-state index in [4.69, 9.17) is 0 Å². The van der Waals surface area contributed by atoms with Gasteiger partial charge in [0.1, 0.15) is 6.54 Å². The van der Waals surface area contributed by atoms with Crippen molar-refractivity contribution in [2.45, 2.75) is 6.92 Å². The predicted octanol–water partition coefficient (Wildman–Crippen LogP) is -2.89. The zero-order valence-electron chi connectivity index (χ0n) is 6.83. The van der Waals surface area contributed by atoms with E-state index in [1.54, 1.807) is 11.6 Å². The maximum Gasteiger partial charge on any atom is 0.199 e. The molecule has 1 heterocycles. The molecule has 0 fully saturated rings. The molecule has 0 saturated heterocycles. The van der Waals surface area contributed by atoms with E-state index >= 15 is 0 Å². The lowest BCUT2D eigenvalue weighted by molar-refractivity contribution is -0.649. The maximum absolute atomic E-state index is 10.5. The van der Waals surface area contributed by atoms with E-state index in [-0.39, 0.29) is 29.8 Å². The van der Waals surface area contributed by atoms with Crippen molar-refractivity contribution in [3.63, 3.8) is 0 Å². The molecule has 3 nitrogen and oxygen atoms in total. The molecule has 4 heteroatoms. The van der Waals surface area contributed by atoms with E-state index in [1.165, 1.54) is 0 Å². The minimum Gasteiger partial charge on any atom is -1.00 e. The Morgan fingerprint density at radius 3 is 2.42 bits per heavy atom. The quantitative estimate of drug-likeness (QED) is 0.476. The molecule has 0 radical (unpaired) electrons. The summed E-state index contributed by atoms with van der Waals surface area (Å²) in [6, 6.07) is 5.71. The maximum atomic E-state index is 10.5. The minimum atomic E-state index is 0. The lowest BCUT2D eigenvalue weighted by atomic mass is 10.5. The molecule has 1 rings (SSSR count). The molecule has 1 N–H and O–H groups in total. The highest BCUT2D eigenvalue weighted by Gasteiger charge is 1.96. The fraction of sp³-hybridized carbons (Fsp3) is 0.250. The largest absolute Gasteiger partial charge is 1.00 e. The van der Waals surface area contributed by atoms with Crippen LogP contribution in [0.3, 0.4) is 0 Å². The van der Waals surface area contributed by atoms with E-state index < -0.39 is 0 Å². The summed E-state index contributed by atoms with van der Waals surface area (Å²) in [5, 5.41) is 0. The predicted molar refractivity (Wildman–Crippen MR) is 41.5 cm³/mol. The Labute approximate surface area is 88.8 Å². The number of nitrogens with one attached hydrogen (secondary N) is 1. The lowest BCUT2D eigenvalue weighted by Crippen LogP contribution is -3.00. The number of carbonyl (C=O) groups excluding carboxylic acids is 1. The normalized spacial score (nSPS) is 8.42. The third-order valence-electron chi connectivity index (χ3n) is 1.23. The lowest BCUT2D eigenvalue weighted by Gasteiger charge is -1.94. The molecule has 0 unspecified atom stereocenters. The van der Waals surface area contributed by atoms with E-state index in [9.17, 15) is 4.79 Å². The first-order chi connectivity index (χ1) is 5.29. The number of ketones is 1. The molecule has 0 amide bonds. The van der Waals surface area contributed by atoms with Gasteiger partial charge >= 0.3 is 0 Å². The number of Topliss-reactive ketones (excluding diaryl/α,β-unsaturated/α-hetero) is 1. The van der Waals surface area contributed by atoms with Gasteiger partial charge < -0.3 is 24.0 Å². The summed E-state index contributed by atoms with van der Waals surface area (Å²) in [7, 11) is 0. The molecule has 0 aliphatic heterocycles. The van der Waals surface area contributed by atoms with Gasteiger partial charge in [-0.25, -0.2) is 0 Å². The van der Waals surface area contributed by atoms with Crippen LogP contribution in [0.2, 0.25) is 0 Å². The summed E-state index contributed by atoms with van der Waals surface area (Å²) in [4.78, 5) is 10.5. The standard InChI is InChI=1S/C8H11N2O.HI/c1-8(11)7-9-10-5-3-2-4-6-10;/h2-6,9H,7H2,1H3;1H/q+1;/p-1. The third-order valence-corrected chi connectivity index (χ3v) is 1.23. The first-order valence-electron chi connectivity index (χ1n) is 3.48. The zero-order chi connectivity index (χ0) is 8.10. The number of halogens is 1. The second-order valence-corrected chi connectivity index (χ2v) is 2.32. The van der Waals surface area contributed by atoms with Gasteiger partial charge in [-0.05, 0) is 6.92 Å². The number of hydrogen-bond donors (Lipinski definition) is 1. The van der Waals surface area contributed by atoms with Gasteiger partial charge in [-0.15, -0.1) is 0 Å². The van der Waals surface area contributed by atoms with Gasteiger partial charge in [0.15, 0.2) is 18.2 Å². The molecule has 0 aromatic carbocycles. The van der Waals surface area contributed by atoms with Gasteiger partial charge in [-0.3, -0.25) is 4.79 Å². The Hall–Kier alpha value is -0.650. The molecule has 1 aromatic rings.